The fraction of sp³-hybridized carbons (Fsp3) is 0.615. The van der Waals surface area contributed by atoms with E-state index in [2.05, 4.69) is 20.8 Å². The minimum Gasteiger partial charge on any atom is -0.307 e. The van der Waals surface area contributed by atoms with Gasteiger partial charge >= 0.3 is 0 Å². The van der Waals surface area contributed by atoms with Crippen LogP contribution in [0, 0.1) is 5.41 Å². The zero-order valence-corrected chi connectivity index (χ0v) is 12.7. The molecule has 0 unspecified atom stereocenters. The number of imide groups is 1. The summed E-state index contributed by atoms with van der Waals surface area (Å²) in [6.45, 7) is 12.2. The highest BCUT2D eigenvalue weighted by molar-refractivity contribution is 7.59. The van der Waals surface area contributed by atoms with Crippen LogP contribution in [0.3, 0.4) is 0 Å². The maximum atomic E-state index is 11.5. The molecule has 0 aromatic heterocycles. The summed E-state index contributed by atoms with van der Waals surface area (Å²) in [6, 6.07) is 0. The molecule has 0 aromatic carbocycles. The minimum absolute atomic E-state index is 0. The van der Waals surface area contributed by atoms with Crippen LogP contribution < -0.4 is 0 Å². The largest absolute Gasteiger partial charge is 0.307 e. The topological polar surface area (TPSA) is 54.5 Å². The number of hydrogen-bond acceptors (Lipinski definition) is 3. The zero-order valence-electron chi connectivity index (χ0n) is 11.7. The molecule has 1 aliphatic rings. The molecule has 5 heteroatoms. The Labute approximate surface area is 116 Å². The molecular weight excluding hydrogens is 250 g/mol. The first-order valence-electron chi connectivity index (χ1n) is 5.49. The Morgan fingerprint density at radius 1 is 1.00 bits per heavy atom. The molecule has 104 valence electrons. The molecule has 0 bridgehead atoms. The van der Waals surface area contributed by atoms with E-state index in [9.17, 15) is 9.59 Å². The molecular formula is C13H23NO3S. The van der Waals surface area contributed by atoms with Crippen molar-refractivity contribution in [2.45, 2.75) is 46.6 Å². The smallest absolute Gasteiger partial charge is 0.254 e. The van der Waals surface area contributed by atoms with Crippen LogP contribution in [0.4, 0.5) is 0 Å². The van der Waals surface area contributed by atoms with E-state index in [0.29, 0.717) is 0 Å². The van der Waals surface area contributed by atoms with Crippen LogP contribution in [-0.2, 0) is 14.4 Å². The van der Waals surface area contributed by atoms with Gasteiger partial charge in [-0.2, -0.15) is 13.5 Å². The van der Waals surface area contributed by atoms with Gasteiger partial charge in [-0.3, -0.25) is 14.5 Å². The number of nitrogens with zero attached hydrogens (tertiary/aromatic N) is 1. The van der Waals surface area contributed by atoms with Gasteiger partial charge in [0.25, 0.3) is 11.8 Å². The van der Waals surface area contributed by atoms with Crippen LogP contribution >= 0.6 is 13.5 Å². The van der Waals surface area contributed by atoms with E-state index in [1.54, 1.807) is 0 Å². The van der Waals surface area contributed by atoms with Gasteiger partial charge in [0.1, 0.15) is 6.79 Å². The molecule has 0 saturated heterocycles. The van der Waals surface area contributed by atoms with Crippen LogP contribution in [0.25, 0.3) is 0 Å². The molecule has 0 aromatic rings. The van der Waals surface area contributed by atoms with Crippen molar-refractivity contribution in [2.24, 2.45) is 5.41 Å². The second-order valence-electron chi connectivity index (χ2n) is 5.90. The lowest BCUT2D eigenvalue weighted by Gasteiger charge is -2.38. The number of carbonyl (C=O) groups excluding carboxylic acids is 3. The van der Waals surface area contributed by atoms with E-state index in [4.69, 9.17) is 4.79 Å². The predicted octanol–water partition coefficient (Wildman–Crippen LogP) is 2.05. The maximum absolute atomic E-state index is 11.5. The minimum atomic E-state index is -0.421. The summed E-state index contributed by atoms with van der Waals surface area (Å²) in [5.41, 5.74) is -0.331. The average Bonchev–Trinajstić information content (AvgIpc) is 2.45. The fourth-order valence-electron chi connectivity index (χ4n) is 2.37. The van der Waals surface area contributed by atoms with Crippen molar-refractivity contribution < 1.29 is 14.4 Å². The Hall–Kier alpha value is -1.10. The number of carbonyl (C=O) groups is 3. The van der Waals surface area contributed by atoms with Crippen molar-refractivity contribution in [3.8, 4) is 0 Å². The van der Waals surface area contributed by atoms with Crippen molar-refractivity contribution in [2.75, 3.05) is 0 Å². The molecule has 0 N–H and O–H groups in total. The molecule has 1 aliphatic heterocycles. The molecule has 0 aliphatic carbocycles. The van der Waals surface area contributed by atoms with Gasteiger partial charge in [-0.15, -0.1) is 0 Å². The summed E-state index contributed by atoms with van der Waals surface area (Å²) >= 11 is 0. The van der Waals surface area contributed by atoms with E-state index in [-0.39, 0.29) is 30.7 Å². The molecule has 0 saturated carbocycles. The summed E-state index contributed by atoms with van der Waals surface area (Å²) < 4.78 is 0. The Morgan fingerprint density at radius 3 is 1.61 bits per heavy atom. The highest BCUT2D eigenvalue weighted by atomic mass is 32.1. The third-order valence-corrected chi connectivity index (χ3v) is 2.38. The Balaban J connectivity index is 0. The Kier molecular flexibility index (Phi) is 7.20. The molecule has 2 amide bonds. The van der Waals surface area contributed by atoms with Crippen molar-refractivity contribution >= 4 is 32.1 Å². The van der Waals surface area contributed by atoms with Crippen LogP contribution in [0.2, 0.25) is 0 Å². The first-order chi connectivity index (χ1) is 7.63. The molecule has 1 heterocycles. The lowest BCUT2D eigenvalue weighted by molar-refractivity contribution is -0.143. The number of rotatable bonds is 2. The normalized spacial score (nSPS) is 15.1. The van der Waals surface area contributed by atoms with Crippen LogP contribution in [0.5, 0.6) is 0 Å². The van der Waals surface area contributed by atoms with Crippen molar-refractivity contribution in [3.05, 3.63) is 12.2 Å². The molecule has 18 heavy (non-hydrogen) atoms. The molecule has 1 rings (SSSR count). The van der Waals surface area contributed by atoms with Gasteiger partial charge in [0.05, 0.1) is 0 Å². The first-order valence-corrected chi connectivity index (χ1v) is 5.49. The molecule has 0 spiro atoms. The van der Waals surface area contributed by atoms with E-state index in [1.165, 1.54) is 17.1 Å². The monoisotopic (exact) mass is 273 g/mol. The summed E-state index contributed by atoms with van der Waals surface area (Å²) in [6.07, 6.45) is 3.47. The Bertz CT molecular complexity index is 325. The highest BCUT2D eigenvalue weighted by Gasteiger charge is 2.39. The number of hydrogen-bond donors (Lipinski definition) is 0. The van der Waals surface area contributed by atoms with Crippen LogP contribution in [0.15, 0.2) is 12.2 Å². The average molecular weight is 273 g/mol. The summed E-state index contributed by atoms with van der Waals surface area (Å²) in [5.74, 6) is -0.400. The Morgan fingerprint density at radius 2 is 1.33 bits per heavy atom. The van der Waals surface area contributed by atoms with Crippen molar-refractivity contribution in [1.29, 1.82) is 0 Å². The summed E-state index contributed by atoms with van der Waals surface area (Å²) in [4.78, 5) is 32.4. The van der Waals surface area contributed by atoms with Crippen molar-refractivity contribution in [3.63, 3.8) is 0 Å². The van der Waals surface area contributed by atoms with E-state index >= 15 is 0 Å². The molecule has 0 radical (unpaired) electrons. The molecule has 0 fully saturated rings. The van der Waals surface area contributed by atoms with E-state index < -0.39 is 5.54 Å². The quantitative estimate of drug-likeness (QED) is 0.724. The second kappa shape index (κ2) is 6.73. The van der Waals surface area contributed by atoms with Gasteiger partial charge in [-0.1, -0.05) is 20.8 Å². The van der Waals surface area contributed by atoms with E-state index in [0.717, 1.165) is 6.42 Å². The van der Waals surface area contributed by atoms with Gasteiger partial charge in [0.15, 0.2) is 0 Å². The lowest BCUT2D eigenvalue weighted by atomic mass is 9.81. The first kappa shape index (κ1) is 19.2. The lowest BCUT2D eigenvalue weighted by Crippen LogP contribution is -2.49. The van der Waals surface area contributed by atoms with Crippen LogP contribution in [0.1, 0.15) is 41.0 Å². The van der Waals surface area contributed by atoms with Gasteiger partial charge in [-0.05, 0) is 25.7 Å². The highest BCUT2D eigenvalue weighted by Crippen LogP contribution is 2.32. The maximum Gasteiger partial charge on any atom is 0.254 e. The fourth-order valence-corrected chi connectivity index (χ4v) is 2.37. The summed E-state index contributed by atoms with van der Waals surface area (Å²) in [5, 5.41) is 0. The second-order valence-corrected chi connectivity index (χ2v) is 5.90. The van der Waals surface area contributed by atoms with Crippen LogP contribution in [-0.4, -0.2) is 29.0 Å². The van der Waals surface area contributed by atoms with Crippen molar-refractivity contribution in [1.82, 2.24) is 4.90 Å². The molecule has 4 nitrogen and oxygen atoms in total. The SMILES string of the molecule is C=O.CC(C)(C)CC(C)(C)N1C(=O)C=CC1=O.S. The van der Waals surface area contributed by atoms with Gasteiger partial charge in [-0.25, -0.2) is 0 Å². The zero-order chi connectivity index (χ0) is 13.9. The van der Waals surface area contributed by atoms with Gasteiger partial charge in [0.2, 0.25) is 0 Å². The number of amides is 2. The predicted molar refractivity (Wildman–Crippen MR) is 76.6 cm³/mol. The summed E-state index contributed by atoms with van der Waals surface area (Å²) in [7, 11) is 0. The van der Waals surface area contributed by atoms with Gasteiger partial charge < -0.3 is 4.79 Å². The van der Waals surface area contributed by atoms with E-state index in [1.807, 2.05) is 20.6 Å². The third kappa shape index (κ3) is 5.04. The van der Waals surface area contributed by atoms with Gasteiger partial charge in [0, 0.05) is 17.7 Å². The third-order valence-electron chi connectivity index (χ3n) is 2.38. The molecule has 0 atom stereocenters. The standard InChI is InChI=1S/C12H19NO2.CH2O.H2S/c1-11(2,3)8-12(4,5)13-9(14)6-7-10(13)15;1-2;/h6-7H,8H2,1-5H3;1H2;1H2.